The van der Waals surface area contributed by atoms with Crippen LogP contribution in [0.4, 0.5) is 11.5 Å². The molecule has 2 fully saturated rings. The molecule has 2 N–H and O–H groups in total. The Kier molecular flexibility index (Phi) is 7.04. The van der Waals surface area contributed by atoms with Crippen molar-refractivity contribution in [2.45, 2.75) is 51.6 Å². The van der Waals surface area contributed by atoms with Crippen LogP contribution in [0, 0.1) is 18.8 Å². The predicted octanol–water partition coefficient (Wildman–Crippen LogP) is 5.01. The van der Waals surface area contributed by atoms with Crippen molar-refractivity contribution >= 4 is 23.3 Å². The van der Waals surface area contributed by atoms with Crippen LogP contribution in [0.5, 0.6) is 0 Å². The van der Waals surface area contributed by atoms with Gasteiger partial charge in [0.25, 0.3) is 0 Å². The summed E-state index contributed by atoms with van der Waals surface area (Å²) in [6, 6.07) is 11.4. The molecule has 3 aromatic rings. The monoisotopic (exact) mass is 485 g/mol. The van der Waals surface area contributed by atoms with Gasteiger partial charge in [0.05, 0.1) is 29.4 Å². The van der Waals surface area contributed by atoms with Crippen molar-refractivity contribution < 1.29 is 14.3 Å². The third-order valence-electron chi connectivity index (χ3n) is 7.01. The molecule has 2 amide bonds. The SMILES string of the molecule is COC1CCC(C(=O)Nc2cnc(C)c(-c3cccc(-c4ccnc(NC(=O)C5CC5)c4)n3)c2)CC1. The largest absolute Gasteiger partial charge is 0.381 e. The van der Waals surface area contributed by atoms with Crippen molar-refractivity contribution in [3.8, 4) is 22.5 Å². The number of carbonyl (C=O) groups excluding carboxylic acids is 2. The van der Waals surface area contributed by atoms with E-state index in [0.717, 1.165) is 66.7 Å². The number of ether oxygens (including phenoxy) is 1. The van der Waals surface area contributed by atoms with Crippen LogP contribution in [0.2, 0.25) is 0 Å². The van der Waals surface area contributed by atoms with Gasteiger partial charge in [0.15, 0.2) is 0 Å². The highest BCUT2D eigenvalue weighted by molar-refractivity contribution is 5.94. The van der Waals surface area contributed by atoms with Crippen LogP contribution >= 0.6 is 0 Å². The zero-order chi connectivity index (χ0) is 25.1. The maximum atomic E-state index is 12.9. The first-order valence-corrected chi connectivity index (χ1v) is 12.5. The summed E-state index contributed by atoms with van der Waals surface area (Å²) in [6.07, 6.45) is 8.98. The first-order valence-electron chi connectivity index (χ1n) is 12.5. The summed E-state index contributed by atoms with van der Waals surface area (Å²) >= 11 is 0. The number of nitrogens with zero attached hydrogens (tertiary/aromatic N) is 3. The van der Waals surface area contributed by atoms with Crippen LogP contribution in [0.25, 0.3) is 22.5 Å². The lowest BCUT2D eigenvalue weighted by atomic mass is 9.87. The second-order valence-corrected chi connectivity index (χ2v) is 9.66. The molecule has 0 radical (unpaired) electrons. The van der Waals surface area contributed by atoms with Gasteiger partial charge >= 0.3 is 0 Å². The zero-order valence-corrected chi connectivity index (χ0v) is 20.7. The van der Waals surface area contributed by atoms with Crippen molar-refractivity contribution in [1.82, 2.24) is 15.0 Å². The number of carbonyl (C=O) groups is 2. The number of rotatable bonds is 7. The number of nitrogens with one attached hydrogen (secondary N) is 2. The number of pyridine rings is 3. The molecule has 0 atom stereocenters. The Hall–Kier alpha value is -3.65. The summed E-state index contributed by atoms with van der Waals surface area (Å²) in [5, 5.41) is 5.94. The summed E-state index contributed by atoms with van der Waals surface area (Å²) in [4.78, 5) is 38.6. The van der Waals surface area contributed by atoms with Crippen molar-refractivity contribution in [3.63, 3.8) is 0 Å². The van der Waals surface area contributed by atoms with Crippen LogP contribution < -0.4 is 10.6 Å². The normalized spacial score (nSPS) is 19.5. The first kappa shape index (κ1) is 24.1. The summed E-state index contributed by atoms with van der Waals surface area (Å²) < 4.78 is 5.42. The standard InChI is InChI=1S/C28H31N5O3/c1-17-23(15-21(16-30-17)31-27(34)19-8-10-22(36-2)11-9-19)25-5-3-4-24(32-25)20-12-13-29-26(14-20)33-28(35)18-6-7-18/h3-5,12-16,18-19,22H,6-11H2,1-2H3,(H,31,34)(H,29,33,35). The van der Waals surface area contributed by atoms with E-state index in [9.17, 15) is 9.59 Å². The lowest BCUT2D eigenvalue weighted by Crippen LogP contribution is -2.29. The fourth-order valence-corrected chi connectivity index (χ4v) is 4.64. The smallest absolute Gasteiger partial charge is 0.228 e. The van der Waals surface area contributed by atoms with E-state index < -0.39 is 0 Å². The molecule has 36 heavy (non-hydrogen) atoms. The number of aryl methyl sites for hydroxylation is 1. The molecule has 0 spiro atoms. The molecule has 3 aromatic heterocycles. The Labute approximate surface area is 210 Å². The molecule has 0 aromatic carbocycles. The van der Waals surface area contributed by atoms with Gasteiger partial charge in [-0.15, -0.1) is 0 Å². The summed E-state index contributed by atoms with van der Waals surface area (Å²) in [7, 11) is 1.73. The topological polar surface area (TPSA) is 106 Å². The zero-order valence-electron chi connectivity index (χ0n) is 20.7. The van der Waals surface area contributed by atoms with E-state index in [-0.39, 0.29) is 29.8 Å². The molecular formula is C28H31N5O3. The number of methoxy groups -OCH3 is 1. The summed E-state index contributed by atoms with van der Waals surface area (Å²) in [5.74, 6) is 0.678. The van der Waals surface area contributed by atoms with E-state index in [1.54, 1.807) is 19.5 Å². The quantitative estimate of drug-likeness (QED) is 0.487. The van der Waals surface area contributed by atoms with Gasteiger partial charge in [0.2, 0.25) is 11.8 Å². The molecule has 5 rings (SSSR count). The van der Waals surface area contributed by atoms with Gasteiger partial charge in [0.1, 0.15) is 5.82 Å². The highest BCUT2D eigenvalue weighted by Crippen LogP contribution is 2.31. The number of hydrogen-bond donors (Lipinski definition) is 2. The molecule has 3 heterocycles. The number of hydrogen-bond acceptors (Lipinski definition) is 6. The number of amides is 2. The van der Waals surface area contributed by atoms with Crippen molar-refractivity contribution in [3.05, 3.63) is 54.5 Å². The van der Waals surface area contributed by atoms with E-state index >= 15 is 0 Å². The van der Waals surface area contributed by atoms with Gasteiger partial charge < -0.3 is 15.4 Å². The third-order valence-corrected chi connectivity index (χ3v) is 7.01. The third kappa shape index (κ3) is 5.60. The van der Waals surface area contributed by atoms with Crippen LogP contribution in [0.1, 0.15) is 44.2 Å². The molecule has 2 aliphatic rings. The molecule has 0 bridgehead atoms. The predicted molar refractivity (Wildman–Crippen MR) is 138 cm³/mol. The van der Waals surface area contributed by atoms with E-state index in [0.29, 0.717) is 11.5 Å². The molecule has 186 valence electrons. The average molecular weight is 486 g/mol. The van der Waals surface area contributed by atoms with Gasteiger partial charge in [-0.1, -0.05) is 6.07 Å². The van der Waals surface area contributed by atoms with Gasteiger partial charge in [-0.25, -0.2) is 9.97 Å². The molecular weight excluding hydrogens is 454 g/mol. The molecule has 2 saturated carbocycles. The second-order valence-electron chi connectivity index (χ2n) is 9.66. The number of anilines is 2. The van der Waals surface area contributed by atoms with Gasteiger partial charge in [-0.2, -0.15) is 0 Å². The molecule has 0 unspecified atom stereocenters. The minimum Gasteiger partial charge on any atom is -0.381 e. The lowest BCUT2D eigenvalue weighted by Gasteiger charge is -2.26. The Morgan fingerprint density at radius 2 is 1.58 bits per heavy atom. The maximum absolute atomic E-state index is 12.9. The van der Waals surface area contributed by atoms with E-state index in [2.05, 4.69) is 20.6 Å². The Morgan fingerprint density at radius 3 is 2.31 bits per heavy atom. The van der Waals surface area contributed by atoms with Crippen molar-refractivity contribution in [1.29, 1.82) is 0 Å². The molecule has 8 nitrogen and oxygen atoms in total. The van der Waals surface area contributed by atoms with E-state index in [4.69, 9.17) is 9.72 Å². The van der Waals surface area contributed by atoms with Gasteiger partial charge in [0, 0.05) is 42.0 Å². The highest BCUT2D eigenvalue weighted by Gasteiger charge is 2.30. The average Bonchev–Trinajstić information content (AvgIpc) is 3.76. The molecule has 0 saturated heterocycles. The van der Waals surface area contributed by atoms with Crippen LogP contribution in [-0.4, -0.2) is 40.0 Å². The van der Waals surface area contributed by atoms with Crippen LogP contribution in [0.3, 0.4) is 0 Å². The molecule has 2 aliphatic carbocycles. The summed E-state index contributed by atoms with van der Waals surface area (Å²) in [5.41, 5.74) is 4.73. The first-order chi connectivity index (χ1) is 17.5. The fraction of sp³-hybridized carbons (Fsp3) is 0.393. The minimum absolute atomic E-state index is 0.0103. The van der Waals surface area contributed by atoms with Crippen molar-refractivity contribution in [2.75, 3.05) is 17.7 Å². The maximum Gasteiger partial charge on any atom is 0.228 e. The summed E-state index contributed by atoms with van der Waals surface area (Å²) in [6.45, 7) is 1.93. The Morgan fingerprint density at radius 1 is 0.889 bits per heavy atom. The van der Waals surface area contributed by atoms with E-state index in [1.807, 2.05) is 43.3 Å². The Bertz CT molecular complexity index is 1270. The van der Waals surface area contributed by atoms with Crippen LogP contribution in [-0.2, 0) is 14.3 Å². The lowest BCUT2D eigenvalue weighted by molar-refractivity contribution is -0.121. The Balaban J connectivity index is 1.33. The molecule has 8 heteroatoms. The minimum atomic E-state index is -0.0103. The number of aromatic nitrogens is 3. The molecule has 0 aliphatic heterocycles. The van der Waals surface area contributed by atoms with E-state index in [1.165, 1.54) is 0 Å². The van der Waals surface area contributed by atoms with Crippen molar-refractivity contribution in [2.24, 2.45) is 11.8 Å². The van der Waals surface area contributed by atoms with Gasteiger partial charge in [-0.05, 0) is 75.8 Å². The second kappa shape index (κ2) is 10.5. The van der Waals surface area contributed by atoms with Gasteiger partial charge in [-0.3, -0.25) is 14.6 Å². The fourth-order valence-electron chi connectivity index (χ4n) is 4.64. The highest BCUT2D eigenvalue weighted by atomic mass is 16.5. The van der Waals surface area contributed by atoms with Crippen LogP contribution in [0.15, 0.2) is 48.8 Å².